The third-order valence-electron chi connectivity index (χ3n) is 1.80. The van der Waals surface area contributed by atoms with Crippen molar-refractivity contribution >= 4 is 0 Å². The van der Waals surface area contributed by atoms with Crippen LogP contribution in [-0.2, 0) is 0 Å². The predicted octanol–water partition coefficient (Wildman–Crippen LogP) is 2.45. The van der Waals surface area contributed by atoms with E-state index in [0.29, 0.717) is 5.75 Å². The lowest BCUT2D eigenvalue weighted by molar-refractivity contribution is 0.407. The number of hydrogen-bond acceptors (Lipinski definition) is 1. The minimum absolute atomic E-state index is 0.245. The van der Waals surface area contributed by atoms with Gasteiger partial charge in [0.2, 0.25) is 0 Å². The van der Waals surface area contributed by atoms with E-state index >= 15 is 0 Å². The first-order chi connectivity index (χ1) is 5.15. The maximum Gasteiger partial charge on any atom is 0.127 e. The lowest BCUT2D eigenvalue weighted by Gasteiger charge is -2.06. The summed E-state index contributed by atoms with van der Waals surface area (Å²) in [5, 5.41) is 0. The highest BCUT2D eigenvalue weighted by atomic mass is 19.1. The van der Waals surface area contributed by atoms with Gasteiger partial charge in [-0.05, 0) is 31.0 Å². The quantitative estimate of drug-likeness (QED) is 0.603. The molecule has 0 N–H and O–H groups in total. The van der Waals surface area contributed by atoms with Crippen LogP contribution >= 0.6 is 0 Å². The van der Waals surface area contributed by atoms with Crippen molar-refractivity contribution in [3.8, 4) is 5.75 Å². The molecule has 0 aliphatic heterocycles. The van der Waals surface area contributed by atoms with Gasteiger partial charge in [0.1, 0.15) is 11.6 Å². The molecule has 0 aliphatic carbocycles. The number of hydrogen-bond donors (Lipinski definition) is 0. The Morgan fingerprint density at radius 3 is 2.45 bits per heavy atom. The van der Waals surface area contributed by atoms with Crippen molar-refractivity contribution in [2.24, 2.45) is 0 Å². The highest BCUT2D eigenvalue weighted by Gasteiger charge is 2.02. The Balaban J connectivity index is 3.24. The molecule has 0 spiro atoms. The van der Waals surface area contributed by atoms with Gasteiger partial charge >= 0.3 is 0 Å². The number of benzene rings is 1. The van der Waals surface area contributed by atoms with Gasteiger partial charge in [-0.15, -0.1) is 0 Å². The average molecular weight is 154 g/mol. The van der Waals surface area contributed by atoms with Gasteiger partial charge in [0.15, 0.2) is 0 Å². The highest BCUT2D eigenvalue weighted by molar-refractivity contribution is 5.38. The lowest BCUT2D eigenvalue weighted by atomic mass is 10.1. The van der Waals surface area contributed by atoms with Crippen LogP contribution in [0.4, 0.5) is 4.39 Å². The van der Waals surface area contributed by atoms with Crippen molar-refractivity contribution in [1.29, 1.82) is 0 Å². The van der Waals surface area contributed by atoms with E-state index in [4.69, 9.17) is 4.74 Å². The van der Waals surface area contributed by atoms with Crippen LogP contribution < -0.4 is 4.74 Å². The molecule has 0 amide bonds. The molecule has 0 saturated carbocycles. The molecule has 0 fully saturated rings. The zero-order valence-electron chi connectivity index (χ0n) is 6.94. The van der Waals surface area contributed by atoms with E-state index in [2.05, 4.69) is 0 Å². The minimum atomic E-state index is -0.245. The van der Waals surface area contributed by atoms with Gasteiger partial charge in [-0.25, -0.2) is 4.39 Å². The van der Waals surface area contributed by atoms with Crippen LogP contribution in [0.2, 0.25) is 0 Å². The van der Waals surface area contributed by atoms with Crippen LogP contribution in [0.15, 0.2) is 12.1 Å². The third kappa shape index (κ3) is 1.50. The summed E-state index contributed by atoms with van der Waals surface area (Å²) < 4.78 is 17.7. The Morgan fingerprint density at radius 1 is 1.27 bits per heavy atom. The largest absolute Gasteiger partial charge is 0.496 e. The minimum Gasteiger partial charge on any atom is -0.496 e. The molecule has 0 atom stereocenters. The van der Waals surface area contributed by atoms with Gasteiger partial charge in [0, 0.05) is 6.07 Å². The molecule has 0 aromatic heterocycles. The topological polar surface area (TPSA) is 9.23 Å². The molecule has 0 bridgehead atoms. The number of ether oxygens (including phenoxy) is 1. The molecule has 2 heteroatoms. The number of rotatable bonds is 1. The maximum atomic E-state index is 12.7. The number of halogens is 1. The van der Waals surface area contributed by atoms with Crippen LogP contribution in [0, 0.1) is 19.7 Å². The van der Waals surface area contributed by atoms with Crippen LogP contribution in [0.1, 0.15) is 11.1 Å². The first-order valence-electron chi connectivity index (χ1n) is 3.46. The molecule has 60 valence electrons. The van der Waals surface area contributed by atoms with Crippen molar-refractivity contribution in [1.82, 2.24) is 0 Å². The summed E-state index contributed by atoms with van der Waals surface area (Å²) in [5.41, 5.74) is 1.91. The predicted molar refractivity (Wildman–Crippen MR) is 42.4 cm³/mol. The Labute approximate surface area is 65.8 Å². The molecule has 0 aliphatic rings. The summed E-state index contributed by atoms with van der Waals surface area (Å²) in [6, 6.07) is 2.89. The fraction of sp³-hybridized carbons (Fsp3) is 0.333. The van der Waals surface area contributed by atoms with Gasteiger partial charge in [-0.1, -0.05) is 0 Å². The van der Waals surface area contributed by atoms with Crippen molar-refractivity contribution in [2.75, 3.05) is 7.11 Å². The summed E-state index contributed by atoms with van der Waals surface area (Å²) in [4.78, 5) is 0. The standard InChI is InChI=1S/C9H11FO/c1-6-4-8(10)5-9(11-3)7(6)2/h4-5H,1-3H3. The van der Waals surface area contributed by atoms with E-state index in [-0.39, 0.29) is 5.82 Å². The second-order valence-electron chi connectivity index (χ2n) is 2.55. The molecule has 0 unspecified atom stereocenters. The van der Waals surface area contributed by atoms with E-state index in [9.17, 15) is 4.39 Å². The summed E-state index contributed by atoms with van der Waals surface area (Å²) in [7, 11) is 1.54. The molecular formula is C9H11FO. The molecule has 1 rings (SSSR count). The zero-order valence-corrected chi connectivity index (χ0v) is 6.94. The average Bonchev–Trinajstić information content (AvgIpc) is 1.96. The SMILES string of the molecule is COc1cc(F)cc(C)c1C. The number of aryl methyl sites for hydroxylation is 1. The third-order valence-corrected chi connectivity index (χ3v) is 1.80. The van der Waals surface area contributed by atoms with Gasteiger partial charge in [0.25, 0.3) is 0 Å². The molecule has 1 nitrogen and oxygen atoms in total. The van der Waals surface area contributed by atoms with E-state index in [1.54, 1.807) is 7.11 Å². The van der Waals surface area contributed by atoms with E-state index in [1.807, 2.05) is 13.8 Å². The highest BCUT2D eigenvalue weighted by Crippen LogP contribution is 2.21. The summed E-state index contributed by atoms with van der Waals surface area (Å²) in [6.07, 6.45) is 0. The lowest BCUT2D eigenvalue weighted by Crippen LogP contribution is -1.91. The Hall–Kier alpha value is -1.05. The Kier molecular flexibility index (Phi) is 2.13. The summed E-state index contributed by atoms with van der Waals surface area (Å²) in [5.74, 6) is 0.368. The van der Waals surface area contributed by atoms with Crippen molar-refractivity contribution in [3.63, 3.8) is 0 Å². The molecule has 1 aromatic rings. The zero-order chi connectivity index (χ0) is 8.43. The molecule has 0 saturated heterocycles. The Bertz CT molecular complexity index is 269. The molecule has 11 heavy (non-hydrogen) atoms. The van der Waals surface area contributed by atoms with Gasteiger partial charge in [-0.3, -0.25) is 0 Å². The molecule has 0 heterocycles. The maximum absolute atomic E-state index is 12.7. The first kappa shape index (κ1) is 8.05. The molecular weight excluding hydrogens is 143 g/mol. The molecule has 0 radical (unpaired) electrons. The van der Waals surface area contributed by atoms with Crippen molar-refractivity contribution in [3.05, 3.63) is 29.1 Å². The second-order valence-corrected chi connectivity index (χ2v) is 2.55. The fourth-order valence-electron chi connectivity index (χ4n) is 0.997. The first-order valence-corrected chi connectivity index (χ1v) is 3.46. The van der Waals surface area contributed by atoms with Crippen molar-refractivity contribution < 1.29 is 9.13 Å². The Morgan fingerprint density at radius 2 is 1.91 bits per heavy atom. The van der Waals surface area contributed by atoms with Crippen LogP contribution in [0.3, 0.4) is 0 Å². The van der Waals surface area contributed by atoms with Crippen molar-refractivity contribution in [2.45, 2.75) is 13.8 Å². The van der Waals surface area contributed by atoms with E-state index in [0.717, 1.165) is 11.1 Å². The van der Waals surface area contributed by atoms with Gasteiger partial charge < -0.3 is 4.74 Å². The number of methoxy groups -OCH3 is 1. The fourth-order valence-corrected chi connectivity index (χ4v) is 0.997. The summed E-state index contributed by atoms with van der Waals surface area (Å²) in [6.45, 7) is 3.77. The van der Waals surface area contributed by atoms with Crippen LogP contribution in [0.5, 0.6) is 5.75 Å². The van der Waals surface area contributed by atoms with Crippen LogP contribution in [-0.4, -0.2) is 7.11 Å². The van der Waals surface area contributed by atoms with Gasteiger partial charge in [-0.2, -0.15) is 0 Å². The summed E-state index contributed by atoms with van der Waals surface area (Å²) >= 11 is 0. The smallest absolute Gasteiger partial charge is 0.127 e. The monoisotopic (exact) mass is 154 g/mol. The van der Waals surface area contributed by atoms with E-state index < -0.39 is 0 Å². The van der Waals surface area contributed by atoms with E-state index in [1.165, 1.54) is 12.1 Å². The van der Waals surface area contributed by atoms with Crippen LogP contribution in [0.25, 0.3) is 0 Å². The second kappa shape index (κ2) is 2.91. The van der Waals surface area contributed by atoms with Gasteiger partial charge in [0.05, 0.1) is 7.11 Å². The molecule has 1 aromatic carbocycles. The normalized spacial score (nSPS) is 9.82.